The van der Waals surface area contributed by atoms with Gasteiger partial charge in [-0.1, -0.05) is 12.1 Å². The van der Waals surface area contributed by atoms with E-state index in [9.17, 15) is 4.79 Å². The lowest BCUT2D eigenvalue weighted by Crippen LogP contribution is -2.09. The molecule has 120 valence electrons. The van der Waals surface area contributed by atoms with Gasteiger partial charge in [0.1, 0.15) is 5.65 Å². The van der Waals surface area contributed by atoms with Crippen LogP contribution in [0.1, 0.15) is 28.4 Å². The predicted octanol–water partition coefficient (Wildman–Crippen LogP) is 4.43. The van der Waals surface area contributed by atoms with E-state index in [1.165, 1.54) is 0 Å². The van der Waals surface area contributed by atoms with Crippen LogP contribution in [0.25, 0.3) is 27.5 Å². The number of esters is 1. The lowest BCUT2D eigenvalue weighted by Gasteiger charge is -2.14. The van der Waals surface area contributed by atoms with Crippen LogP contribution in [-0.4, -0.2) is 22.0 Å². The van der Waals surface area contributed by atoms with Crippen molar-refractivity contribution in [3.63, 3.8) is 0 Å². The summed E-state index contributed by atoms with van der Waals surface area (Å²) in [6.07, 6.45) is 1.80. The van der Waals surface area contributed by atoms with Gasteiger partial charge in [-0.15, -0.1) is 0 Å². The summed E-state index contributed by atoms with van der Waals surface area (Å²) >= 11 is 0. The first-order valence-corrected chi connectivity index (χ1v) is 8.08. The molecule has 0 saturated heterocycles. The highest BCUT2D eigenvalue weighted by molar-refractivity contribution is 6.09. The third kappa shape index (κ3) is 1.99. The molecule has 0 aliphatic heterocycles. The Morgan fingerprint density at radius 1 is 1.17 bits per heavy atom. The summed E-state index contributed by atoms with van der Waals surface area (Å²) in [5.74, 6) is -0.274. The molecule has 1 aromatic carbocycles. The van der Waals surface area contributed by atoms with Crippen molar-refractivity contribution in [3.8, 4) is 0 Å². The van der Waals surface area contributed by atoms with Crippen molar-refractivity contribution in [2.45, 2.75) is 20.8 Å². The molecule has 3 heterocycles. The first-order valence-electron chi connectivity index (χ1n) is 8.08. The van der Waals surface area contributed by atoms with Gasteiger partial charge in [-0.2, -0.15) is 0 Å². The standard InChI is InChI=1S/C20H18N2O2/c1-4-24-20(23)18-13(3)16-11-14-6-5-9-21-19(14)22(16)17-10-12(2)7-8-15(17)18/h5-11H,4H2,1-3H3. The van der Waals surface area contributed by atoms with Crippen LogP contribution >= 0.6 is 0 Å². The van der Waals surface area contributed by atoms with Gasteiger partial charge in [0, 0.05) is 17.0 Å². The Morgan fingerprint density at radius 3 is 2.79 bits per heavy atom. The first kappa shape index (κ1) is 14.7. The molecule has 4 heteroatoms. The van der Waals surface area contributed by atoms with Crippen molar-refractivity contribution in [2.24, 2.45) is 0 Å². The van der Waals surface area contributed by atoms with Crippen molar-refractivity contribution in [2.75, 3.05) is 6.61 Å². The van der Waals surface area contributed by atoms with Crippen LogP contribution in [-0.2, 0) is 4.74 Å². The maximum Gasteiger partial charge on any atom is 0.339 e. The van der Waals surface area contributed by atoms with E-state index < -0.39 is 0 Å². The van der Waals surface area contributed by atoms with Crippen LogP contribution < -0.4 is 0 Å². The van der Waals surface area contributed by atoms with E-state index in [-0.39, 0.29) is 5.97 Å². The monoisotopic (exact) mass is 318 g/mol. The topological polar surface area (TPSA) is 43.6 Å². The number of pyridine rings is 2. The molecule has 3 aromatic heterocycles. The number of aromatic nitrogens is 2. The van der Waals surface area contributed by atoms with Crippen LogP contribution in [0.2, 0.25) is 0 Å². The van der Waals surface area contributed by atoms with Gasteiger partial charge in [0.15, 0.2) is 0 Å². The highest BCUT2D eigenvalue weighted by Crippen LogP contribution is 2.32. The van der Waals surface area contributed by atoms with Gasteiger partial charge in [-0.3, -0.25) is 4.40 Å². The Hall–Kier alpha value is -2.88. The number of nitrogens with zero attached hydrogens (tertiary/aromatic N) is 2. The lowest BCUT2D eigenvalue weighted by atomic mass is 10.0. The number of fused-ring (bicyclic) bond motifs is 5. The second kappa shape index (κ2) is 5.34. The number of hydrogen-bond acceptors (Lipinski definition) is 3. The minimum Gasteiger partial charge on any atom is -0.462 e. The van der Waals surface area contributed by atoms with E-state index in [2.05, 4.69) is 21.5 Å². The Morgan fingerprint density at radius 2 is 2.00 bits per heavy atom. The molecular weight excluding hydrogens is 300 g/mol. The van der Waals surface area contributed by atoms with Crippen LogP contribution in [0, 0.1) is 13.8 Å². The summed E-state index contributed by atoms with van der Waals surface area (Å²) in [7, 11) is 0. The summed E-state index contributed by atoms with van der Waals surface area (Å²) in [6.45, 7) is 6.21. The fraction of sp³-hybridized carbons (Fsp3) is 0.200. The molecule has 0 bridgehead atoms. The summed E-state index contributed by atoms with van der Waals surface area (Å²) in [5, 5.41) is 1.96. The number of carbonyl (C=O) groups excluding carboxylic acids is 1. The maximum atomic E-state index is 12.6. The van der Waals surface area contributed by atoms with Crippen molar-refractivity contribution in [3.05, 3.63) is 59.3 Å². The number of rotatable bonds is 2. The number of carbonyl (C=O) groups is 1. The number of aryl methyl sites for hydroxylation is 2. The van der Waals surface area contributed by atoms with Crippen LogP contribution in [0.4, 0.5) is 0 Å². The Balaban J connectivity index is 2.26. The van der Waals surface area contributed by atoms with E-state index in [1.54, 1.807) is 6.20 Å². The lowest BCUT2D eigenvalue weighted by molar-refractivity contribution is 0.0528. The second-order valence-electron chi connectivity index (χ2n) is 6.02. The normalized spacial score (nSPS) is 11.5. The summed E-state index contributed by atoms with van der Waals surface area (Å²) < 4.78 is 7.44. The Kier molecular flexibility index (Phi) is 3.27. The zero-order chi connectivity index (χ0) is 16.8. The maximum absolute atomic E-state index is 12.6. The van der Waals surface area contributed by atoms with Crippen LogP contribution in [0.15, 0.2) is 42.6 Å². The Labute approximate surface area is 139 Å². The molecule has 24 heavy (non-hydrogen) atoms. The minimum atomic E-state index is -0.274. The van der Waals surface area contributed by atoms with E-state index in [4.69, 9.17) is 4.74 Å². The Bertz CT molecular complexity index is 1110. The number of benzene rings is 1. The molecule has 0 spiro atoms. The molecule has 0 N–H and O–H groups in total. The first-order chi connectivity index (χ1) is 11.6. The van der Waals surface area contributed by atoms with E-state index in [1.807, 2.05) is 45.0 Å². The molecule has 0 atom stereocenters. The van der Waals surface area contributed by atoms with Crippen molar-refractivity contribution < 1.29 is 9.53 Å². The van der Waals surface area contributed by atoms with Crippen molar-refractivity contribution in [1.82, 2.24) is 9.38 Å². The molecule has 0 saturated carbocycles. The third-order valence-electron chi connectivity index (χ3n) is 4.46. The molecule has 0 radical (unpaired) electrons. The zero-order valence-electron chi connectivity index (χ0n) is 14.0. The van der Waals surface area contributed by atoms with Crippen LogP contribution in [0.5, 0.6) is 0 Å². The fourth-order valence-corrected chi connectivity index (χ4v) is 3.39. The van der Waals surface area contributed by atoms with Gasteiger partial charge in [0.2, 0.25) is 0 Å². The predicted molar refractivity (Wildman–Crippen MR) is 95.6 cm³/mol. The molecule has 4 rings (SSSR count). The van der Waals surface area contributed by atoms with Gasteiger partial charge in [-0.25, -0.2) is 9.78 Å². The summed E-state index contributed by atoms with van der Waals surface area (Å²) in [6, 6.07) is 12.2. The summed E-state index contributed by atoms with van der Waals surface area (Å²) in [5.41, 5.74) is 5.57. The van der Waals surface area contributed by atoms with Gasteiger partial charge in [-0.05, 0) is 56.2 Å². The SMILES string of the molecule is CCOC(=O)c1c(C)c2cc3cccnc3n2c2cc(C)ccc12. The van der Waals surface area contributed by atoms with E-state index in [0.717, 1.165) is 38.6 Å². The summed E-state index contributed by atoms with van der Waals surface area (Å²) in [4.78, 5) is 17.1. The van der Waals surface area contributed by atoms with Gasteiger partial charge in [0.25, 0.3) is 0 Å². The largest absolute Gasteiger partial charge is 0.462 e. The fourth-order valence-electron chi connectivity index (χ4n) is 3.39. The minimum absolute atomic E-state index is 0.274. The molecule has 4 nitrogen and oxygen atoms in total. The van der Waals surface area contributed by atoms with E-state index >= 15 is 0 Å². The molecule has 0 aliphatic rings. The molecule has 0 unspecified atom stereocenters. The highest BCUT2D eigenvalue weighted by atomic mass is 16.5. The van der Waals surface area contributed by atoms with Crippen LogP contribution in [0.3, 0.4) is 0 Å². The highest BCUT2D eigenvalue weighted by Gasteiger charge is 2.20. The second-order valence-corrected chi connectivity index (χ2v) is 6.02. The molecular formula is C20H18N2O2. The number of ether oxygens (including phenoxy) is 1. The van der Waals surface area contributed by atoms with Gasteiger partial charge < -0.3 is 4.74 Å². The van der Waals surface area contributed by atoms with E-state index in [0.29, 0.717) is 12.2 Å². The van der Waals surface area contributed by atoms with Crippen molar-refractivity contribution in [1.29, 1.82) is 0 Å². The van der Waals surface area contributed by atoms with Gasteiger partial charge >= 0.3 is 5.97 Å². The average molecular weight is 318 g/mol. The molecule has 0 amide bonds. The number of hydrogen-bond donors (Lipinski definition) is 0. The molecule has 4 aromatic rings. The third-order valence-corrected chi connectivity index (χ3v) is 4.46. The molecule has 0 aliphatic carbocycles. The smallest absolute Gasteiger partial charge is 0.339 e. The zero-order valence-corrected chi connectivity index (χ0v) is 14.0. The van der Waals surface area contributed by atoms with Gasteiger partial charge in [0.05, 0.1) is 23.2 Å². The molecule has 0 fully saturated rings. The quantitative estimate of drug-likeness (QED) is 0.513. The van der Waals surface area contributed by atoms with Crippen molar-refractivity contribution >= 4 is 33.4 Å². The average Bonchev–Trinajstić information content (AvgIpc) is 2.96.